The molecular weight excluding hydrogens is 483 g/mol. The second-order valence-electron chi connectivity index (χ2n) is 6.58. The van der Waals surface area contributed by atoms with Crippen molar-refractivity contribution < 1.29 is 22.7 Å². The largest absolute Gasteiger partial charge is 0.486 e. The molecule has 0 bridgehead atoms. The van der Waals surface area contributed by atoms with Gasteiger partial charge in [0.2, 0.25) is 0 Å². The average molecular weight is 499 g/mol. The van der Waals surface area contributed by atoms with Crippen LogP contribution in [0.15, 0.2) is 59.5 Å². The van der Waals surface area contributed by atoms with Crippen LogP contribution in [0.1, 0.15) is 10.4 Å². The fourth-order valence-electron chi connectivity index (χ4n) is 2.88. The van der Waals surface area contributed by atoms with Crippen molar-refractivity contribution in [1.29, 1.82) is 0 Å². The molecule has 162 valence electrons. The second-order valence-corrected chi connectivity index (χ2v) is 10.5. The van der Waals surface area contributed by atoms with Crippen LogP contribution in [0.4, 0.5) is 5.69 Å². The first-order chi connectivity index (χ1) is 14.8. The van der Waals surface area contributed by atoms with Crippen LogP contribution in [0.2, 0.25) is 8.67 Å². The summed E-state index contributed by atoms with van der Waals surface area (Å²) in [6.45, 7) is 0.589. The number of nitrogens with one attached hydrogen (secondary N) is 2. The Balaban J connectivity index is 1.35. The molecule has 7 nitrogen and oxygen atoms in total. The zero-order chi connectivity index (χ0) is 22.0. The van der Waals surface area contributed by atoms with Crippen molar-refractivity contribution in [3.63, 3.8) is 0 Å². The van der Waals surface area contributed by atoms with E-state index in [9.17, 15) is 13.2 Å². The van der Waals surface area contributed by atoms with Gasteiger partial charge in [-0.05, 0) is 42.5 Å². The number of para-hydroxylation sites is 2. The van der Waals surface area contributed by atoms with Gasteiger partial charge in [-0.2, -0.15) is 0 Å². The molecule has 2 N–H and O–H groups in total. The minimum absolute atomic E-state index is 0.0741. The monoisotopic (exact) mass is 498 g/mol. The number of fused-ring (bicyclic) bond motifs is 1. The Morgan fingerprint density at radius 2 is 1.81 bits per heavy atom. The van der Waals surface area contributed by atoms with Crippen molar-refractivity contribution >= 4 is 56.2 Å². The summed E-state index contributed by atoms with van der Waals surface area (Å²) >= 11 is 12.7. The number of anilines is 1. The van der Waals surface area contributed by atoms with Gasteiger partial charge in [-0.15, -0.1) is 11.3 Å². The number of amides is 1. The van der Waals surface area contributed by atoms with E-state index < -0.39 is 10.0 Å². The lowest BCUT2D eigenvalue weighted by atomic mass is 10.2. The molecule has 3 aromatic rings. The van der Waals surface area contributed by atoms with E-state index in [2.05, 4.69) is 10.0 Å². The number of sulfonamides is 1. The molecule has 1 aliphatic rings. The molecule has 0 radical (unpaired) electrons. The Hall–Kier alpha value is -2.46. The summed E-state index contributed by atoms with van der Waals surface area (Å²) in [7, 11) is -3.89. The van der Waals surface area contributed by atoms with Gasteiger partial charge < -0.3 is 14.8 Å². The number of rotatable bonds is 6. The third-order valence-corrected chi connectivity index (χ3v) is 7.51. The fourth-order valence-corrected chi connectivity index (χ4v) is 6.09. The van der Waals surface area contributed by atoms with Crippen molar-refractivity contribution in [3.05, 3.63) is 68.8 Å². The highest BCUT2D eigenvalue weighted by atomic mass is 35.5. The van der Waals surface area contributed by atoms with Crippen molar-refractivity contribution in [2.24, 2.45) is 0 Å². The minimum atomic E-state index is -3.89. The van der Waals surface area contributed by atoms with Gasteiger partial charge in [-0.3, -0.25) is 9.52 Å². The van der Waals surface area contributed by atoms with Gasteiger partial charge in [-0.25, -0.2) is 8.42 Å². The summed E-state index contributed by atoms with van der Waals surface area (Å²) in [6.07, 6.45) is -0.313. The Bertz CT molecular complexity index is 1210. The molecule has 1 aromatic heterocycles. The topological polar surface area (TPSA) is 93.7 Å². The predicted molar refractivity (Wildman–Crippen MR) is 120 cm³/mol. The molecule has 2 heterocycles. The molecule has 0 unspecified atom stereocenters. The number of ether oxygens (including phenoxy) is 2. The van der Waals surface area contributed by atoms with E-state index in [4.69, 9.17) is 32.7 Å². The predicted octanol–water partition coefficient (Wildman–Crippen LogP) is 4.43. The summed E-state index contributed by atoms with van der Waals surface area (Å²) in [5.74, 6) is 0.996. The summed E-state index contributed by atoms with van der Waals surface area (Å²) in [5, 5.41) is 2.79. The van der Waals surface area contributed by atoms with Crippen LogP contribution in [0.25, 0.3) is 0 Å². The second kappa shape index (κ2) is 8.96. The highest BCUT2D eigenvalue weighted by Gasteiger charge is 2.22. The molecule has 1 aliphatic heterocycles. The molecular formula is C20H16Cl2N2O5S2. The zero-order valence-electron chi connectivity index (χ0n) is 15.8. The van der Waals surface area contributed by atoms with Gasteiger partial charge in [0.15, 0.2) is 11.5 Å². The summed E-state index contributed by atoms with van der Waals surface area (Å²) in [5.41, 5.74) is 0.659. The molecule has 31 heavy (non-hydrogen) atoms. The first-order valence-electron chi connectivity index (χ1n) is 9.06. The van der Waals surface area contributed by atoms with Gasteiger partial charge in [0.25, 0.3) is 15.9 Å². The van der Waals surface area contributed by atoms with Crippen LogP contribution in [0.3, 0.4) is 0 Å². The standard InChI is InChI=1S/C20H16Cl2N2O5S2/c21-18-9-17(19(22)30-18)31(26,27)24-13-7-5-12(6-8-13)20(25)23-10-14-11-28-15-3-1-2-4-16(15)29-14/h1-9,14,24H,10-11H2,(H,23,25)/t14-/m1/s1. The van der Waals surface area contributed by atoms with Crippen LogP contribution in [0, 0.1) is 0 Å². The molecule has 1 amide bonds. The minimum Gasteiger partial charge on any atom is -0.486 e. The van der Waals surface area contributed by atoms with E-state index in [1.54, 1.807) is 6.07 Å². The maximum Gasteiger partial charge on any atom is 0.264 e. The number of halogens is 2. The number of carbonyl (C=O) groups excluding carboxylic acids is 1. The highest BCUT2D eigenvalue weighted by Crippen LogP contribution is 2.35. The van der Waals surface area contributed by atoms with Crippen molar-refractivity contribution in [2.45, 2.75) is 11.0 Å². The van der Waals surface area contributed by atoms with Crippen molar-refractivity contribution in [1.82, 2.24) is 5.32 Å². The molecule has 0 aliphatic carbocycles. The van der Waals surface area contributed by atoms with Crippen LogP contribution in [0.5, 0.6) is 11.5 Å². The molecule has 4 rings (SSSR count). The summed E-state index contributed by atoms with van der Waals surface area (Å²) in [4.78, 5) is 12.3. The third kappa shape index (κ3) is 5.07. The zero-order valence-corrected chi connectivity index (χ0v) is 18.9. The van der Waals surface area contributed by atoms with Gasteiger partial charge in [0.05, 0.1) is 10.9 Å². The smallest absolute Gasteiger partial charge is 0.264 e. The molecule has 0 saturated carbocycles. The van der Waals surface area contributed by atoms with Crippen molar-refractivity contribution in [3.8, 4) is 11.5 Å². The van der Waals surface area contributed by atoms with Gasteiger partial charge in [0.1, 0.15) is 21.9 Å². The van der Waals surface area contributed by atoms with E-state index in [0.29, 0.717) is 23.7 Å². The number of hydrogen-bond donors (Lipinski definition) is 2. The first kappa shape index (κ1) is 21.8. The molecule has 11 heteroatoms. The molecule has 0 spiro atoms. The quantitative estimate of drug-likeness (QED) is 0.524. The van der Waals surface area contributed by atoms with Crippen LogP contribution >= 0.6 is 34.5 Å². The lowest BCUT2D eigenvalue weighted by molar-refractivity contribution is 0.0789. The molecule has 0 fully saturated rings. The number of thiophene rings is 1. The Morgan fingerprint density at radius 1 is 1.10 bits per heavy atom. The fraction of sp³-hybridized carbons (Fsp3) is 0.150. The first-order valence-corrected chi connectivity index (χ1v) is 12.1. The summed E-state index contributed by atoms with van der Waals surface area (Å²) in [6, 6.07) is 14.6. The van der Waals surface area contributed by atoms with Gasteiger partial charge in [-0.1, -0.05) is 35.3 Å². The molecule has 0 saturated heterocycles. The van der Waals surface area contributed by atoms with Crippen LogP contribution < -0.4 is 19.5 Å². The normalized spacial score (nSPS) is 15.4. The van der Waals surface area contributed by atoms with E-state index in [1.807, 2.05) is 18.2 Å². The highest BCUT2D eigenvalue weighted by molar-refractivity contribution is 7.93. The average Bonchev–Trinajstić information content (AvgIpc) is 3.11. The van der Waals surface area contributed by atoms with E-state index in [1.165, 1.54) is 30.3 Å². The Kier molecular flexibility index (Phi) is 6.29. The van der Waals surface area contributed by atoms with Crippen LogP contribution in [-0.2, 0) is 10.0 Å². The van der Waals surface area contributed by atoms with E-state index >= 15 is 0 Å². The molecule has 1 atom stereocenters. The lowest BCUT2D eigenvalue weighted by Crippen LogP contribution is -2.40. The number of hydrogen-bond acceptors (Lipinski definition) is 6. The van der Waals surface area contributed by atoms with Crippen LogP contribution in [-0.4, -0.2) is 33.6 Å². The van der Waals surface area contributed by atoms with E-state index in [0.717, 1.165) is 11.3 Å². The number of carbonyl (C=O) groups is 1. The maximum atomic E-state index is 12.5. The lowest BCUT2D eigenvalue weighted by Gasteiger charge is -2.26. The SMILES string of the molecule is O=C(NC[C@@H]1COc2ccccc2O1)c1ccc(NS(=O)(=O)c2cc(Cl)sc2Cl)cc1. The summed E-state index contributed by atoms with van der Waals surface area (Å²) < 4.78 is 39.1. The van der Waals surface area contributed by atoms with Gasteiger partial charge >= 0.3 is 0 Å². The van der Waals surface area contributed by atoms with E-state index in [-0.39, 0.29) is 37.8 Å². The third-order valence-electron chi connectivity index (χ3n) is 4.37. The van der Waals surface area contributed by atoms with Crippen molar-refractivity contribution in [2.75, 3.05) is 17.9 Å². The Labute approximate surface area is 192 Å². The van der Waals surface area contributed by atoms with Gasteiger partial charge in [0, 0.05) is 11.3 Å². The number of benzene rings is 2. The molecule has 2 aromatic carbocycles. The Morgan fingerprint density at radius 3 is 2.48 bits per heavy atom. The maximum absolute atomic E-state index is 12.5.